The van der Waals surface area contributed by atoms with Crippen LogP contribution in [-0.4, -0.2) is 39.5 Å². The molecule has 2 aromatic carbocycles. The van der Waals surface area contributed by atoms with Gasteiger partial charge in [-0.15, -0.1) is 0 Å². The molecule has 27 heavy (non-hydrogen) atoms. The summed E-state index contributed by atoms with van der Waals surface area (Å²) in [6, 6.07) is 9.36. The van der Waals surface area contributed by atoms with Crippen molar-refractivity contribution in [3.63, 3.8) is 0 Å². The number of halogens is 1. The quantitative estimate of drug-likeness (QED) is 0.612. The zero-order chi connectivity index (χ0) is 19.8. The van der Waals surface area contributed by atoms with E-state index in [0.29, 0.717) is 31.2 Å². The Morgan fingerprint density at radius 2 is 1.63 bits per heavy atom. The third-order valence-electron chi connectivity index (χ3n) is 4.58. The number of nitro groups is 1. The molecule has 0 saturated carbocycles. The van der Waals surface area contributed by atoms with E-state index in [1.54, 1.807) is 12.1 Å². The number of piperazine rings is 1. The number of hydrogen-bond acceptors (Lipinski definition) is 6. The highest BCUT2D eigenvalue weighted by Gasteiger charge is 2.23. The Kier molecular flexibility index (Phi) is 5.27. The second-order valence-corrected chi connectivity index (χ2v) is 8.33. The molecule has 0 bridgehead atoms. The number of hydrogen-bond donors (Lipinski definition) is 1. The van der Waals surface area contributed by atoms with Crippen molar-refractivity contribution in [2.24, 2.45) is 5.14 Å². The molecule has 0 unspecified atom stereocenters. The fourth-order valence-electron chi connectivity index (χ4n) is 3.26. The smallest absolute Gasteiger partial charge is 0.271 e. The first kappa shape index (κ1) is 19.4. The monoisotopic (exact) mass is 410 g/mol. The largest absolute Gasteiger partial charge is 0.368 e. The summed E-state index contributed by atoms with van der Waals surface area (Å²) < 4.78 is 22.7. The summed E-state index contributed by atoms with van der Waals surface area (Å²) in [5.74, 6) is 0. The Bertz CT molecular complexity index is 948. The van der Waals surface area contributed by atoms with Crippen LogP contribution >= 0.6 is 11.6 Å². The predicted molar refractivity (Wildman–Crippen MR) is 105 cm³/mol. The van der Waals surface area contributed by atoms with Gasteiger partial charge < -0.3 is 9.80 Å². The van der Waals surface area contributed by atoms with Gasteiger partial charge in [0.05, 0.1) is 20.5 Å². The molecule has 10 heteroatoms. The first-order valence-electron chi connectivity index (χ1n) is 8.24. The molecule has 0 aliphatic carbocycles. The molecule has 0 amide bonds. The lowest BCUT2D eigenvalue weighted by molar-refractivity contribution is -0.384. The summed E-state index contributed by atoms with van der Waals surface area (Å²) in [4.78, 5) is 14.8. The summed E-state index contributed by atoms with van der Waals surface area (Å²) in [5, 5.41) is 16.5. The van der Waals surface area contributed by atoms with Crippen molar-refractivity contribution < 1.29 is 13.3 Å². The molecular weight excluding hydrogens is 392 g/mol. The van der Waals surface area contributed by atoms with Gasteiger partial charge in [0.2, 0.25) is 10.0 Å². The highest BCUT2D eigenvalue weighted by Crippen LogP contribution is 2.34. The van der Waals surface area contributed by atoms with Crippen LogP contribution in [0.1, 0.15) is 5.56 Å². The van der Waals surface area contributed by atoms with Gasteiger partial charge in [-0.25, -0.2) is 13.6 Å². The molecule has 0 atom stereocenters. The van der Waals surface area contributed by atoms with Gasteiger partial charge in [-0.05, 0) is 36.8 Å². The van der Waals surface area contributed by atoms with Gasteiger partial charge in [0.1, 0.15) is 0 Å². The van der Waals surface area contributed by atoms with E-state index < -0.39 is 14.9 Å². The molecule has 8 nitrogen and oxygen atoms in total. The van der Waals surface area contributed by atoms with Crippen molar-refractivity contribution in [3.05, 3.63) is 57.1 Å². The molecule has 0 aromatic heterocycles. The fourth-order valence-corrected chi connectivity index (χ4v) is 4.15. The number of nitrogens with zero attached hydrogens (tertiary/aromatic N) is 3. The molecule has 1 aliphatic heterocycles. The Morgan fingerprint density at radius 3 is 2.11 bits per heavy atom. The van der Waals surface area contributed by atoms with E-state index >= 15 is 0 Å². The SMILES string of the molecule is Cc1cc([N+](=O)[O-])cc(Cl)c1N1CCN(c2ccc(S(N)(=O)=O)cc2)CC1. The van der Waals surface area contributed by atoms with Crippen LogP contribution in [0.25, 0.3) is 0 Å². The minimum Gasteiger partial charge on any atom is -0.368 e. The number of nitro benzene ring substituents is 1. The summed E-state index contributed by atoms with van der Waals surface area (Å²) in [5.41, 5.74) is 2.47. The van der Waals surface area contributed by atoms with Crippen LogP contribution in [-0.2, 0) is 10.0 Å². The summed E-state index contributed by atoms with van der Waals surface area (Å²) >= 11 is 6.30. The maximum absolute atomic E-state index is 11.4. The minimum atomic E-state index is -3.70. The van der Waals surface area contributed by atoms with Crippen molar-refractivity contribution in [1.82, 2.24) is 0 Å². The maximum atomic E-state index is 11.4. The lowest BCUT2D eigenvalue weighted by Crippen LogP contribution is -2.46. The van der Waals surface area contributed by atoms with Crippen molar-refractivity contribution in [2.75, 3.05) is 36.0 Å². The van der Waals surface area contributed by atoms with Crippen LogP contribution < -0.4 is 14.9 Å². The van der Waals surface area contributed by atoms with Crippen molar-refractivity contribution in [1.29, 1.82) is 0 Å². The summed E-state index contributed by atoms with van der Waals surface area (Å²) in [6.45, 7) is 4.61. The van der Waals surface area contributed by atoms with Gasteiger partial charge in [-0.2, -0.15) is 0 Å². The lowest BCUT2D eigenvalue weighted by atomic mass is 10.1. The van der Waals surface area contributed by atoms with Crippen LogP contribution in [0.4, 0.5) is 17.1 Å². The molecule has 0 radical (unpaired) electrons. The number of aryl methyl sites for hydroxylation is 1. The molecular formula is C17H19ClN4O4S. The van der Waals surface area contributed by atoms with E-state index in [9.17, 15) is 18.5 Å². The van der Waals surface area contributed by atoms with Gasteiger partial charge in [0.25, 0.3) is 5.69 Å². The van der Waals surface area contributed by atoms with Crippen LogP contribution in [0.5, 0.6) is 0 Å². The zero-order valence-corrected chi connectivity index (χ0v) is 16.2. The Hall–Kier alpha value is -2.36. The van der Waals surface area contributed by atoms with E-state index in [4.69, 9.17) is 16.7 Å². The number of non-ortho nitro benzene ring substituents is 1. The van der Waals surface area contributed by atoms with Gasteiger partial charge in [0.15, 0.2) is 0 Å². The summed E-state index contributed by atoms with van der Waals surface area (Å²) in [7, 11) is -3.70. The molecule has 2 N–H and O–H groups in total. The third kappa shape index (κ3) is 4.15. The Morgan fingerprint density at radius 1 is 1.07 bits per heavy atom. The number of anilines is 2. The molecule has 1 fully saturated rings. The van der Waals surface area contributed by atoms with E-state index in [1.807, 2.05) is 6.92 Å². The highest BCUT2D eigenvalue weighted by atomic mass is 35.5. The molecule has 0 spiro atoms. The number of benzene rings is 2. The maximum Gasteiger partial charge on any atom is 0.271 e. The predicted octanol–water partition coefficient (Wildman–Crippen LogP) is 2.53. The molecule has 1 heterocycles. The number of nitrogens with two attached hydrogens (primary N) is 1. The first-order chi connectivity index (χ1) is 12.7. The fraction of sp³-hybridized carbons (Fsp3) is 0.294. The van der Waals surface area contributed by atoms with Crippen LogP contribution in [0, 0.1) is 17.0 Å². The zero-order valence-electron chi connectivity index (χ0n) is 14.6. The van der Waals surface area contributed by atoms with E-state index in [2.05, 4.69) is 9.80 Å². The standard InChI is InChI=1S/C17H19ClN4O4S/c1-12-10-14(22(23)24)11-16(18)17(12)21-8-6-20(7-9-21)13-2-4-15(5-3-13)27(19,25)26/h2-5,10-11H,6-9H2,1H3,(H2,19,25,26). The topological polar surface area (TPSA) is 110 Å². The highest BCUT2D eigenvalue weighted by molar-refractivity contribution is 7.89. The van der Waals surface area contributed by atoms with Gasteiger partial charge >= 0.3 is 0 Å². The summed E-state index contributed by atoms with van der Waals surface area (Å²) in [6.07, 6.45) is 0. The van der Waals surface area contributed by atoms with Crippen LogP contribution in [0.3, 0.4) is 0 Å². The van der Waals surface area contributed by atoms with E-state index in [0.717, 1.165) is 16.9 Å². The molecule has 2 aromatic rings. The van der Waals surface area contributed by atoms with E-state index in [-0.39, 0.29) is 10.6 Å². The van der Waals surface area contributed by atoms with E-state index in [1.165, 1.54) is 24.3 Å². The average molecular weight is 411 g/mol. The van der Waals surface area contributed by atoms with Gasteiger partial charge in [-0.3, -0.25) is 10.1 Å². The Labute approximate surface area is 162 Å². The van der Waals surface area contributed by atoms with Crippen molar-refractivity contribution in [2.45, 2.75) is 11.8 Å². The number of primary sulfonamides is 1. The van der Waals surface area contributed by atoms with Crippen LogP contribution in [0.15, 0.2) is 41.3 Å². The first-order valence-corrected chi connectivity index (χ1v) is 10.2. The normalized spacial score (nSPS) is 15.1. The molecule has 1 saturated heterocycles. The minimum absolute atomic E-state index is 0.0187. The molecule has 3 rings (SSSR count). The second-order valence-electron chi connectivity index (χ2n) is 6.36. The molecule has 144 valence electrons. The second kappa shape index (κ2) is 7.34. The average Bonchev–Trinajstić information content (AvgIpc) is 2.61. The number of sulfonamides is 1. The van der Waals surface area contributed by atoms with Gasteiger partial charge in [-0.1, -0.05) is 11.6 Å². The lowest BCUT2D eigenvalue weighted by Gasteiger charge is -2.38. The van der Waals surface area contributed by atoms with Crippen molar-refractivity contribution >= 4 is 38.7 Å². The van der Waals surface area contributed by atoms with Gasteiger partial charge in [0, 0.05) is 44.0 Å². The van der Waals surface area contributed by atoms with Crippen molar-refractivity contribution in [3.8, 4) is 0 Å². The Balaban J connectivity index is 1.73. The molecule has 1 aliphatic rings. The van der Waals surface area contributed by atoms with Crippen LogP contribution in [0.2, 0.25) is 5.02 Å². The number of rotatable bonds is 4. The third-order valence-corrected chi connectivity index (χ3v) is 5.79.